The summed E-state index contributed by atoms with van der Waals surface area (Å²) in [6.45, 7) is 12.6. The molecule has 0 aliphatic heterocycles. The number of carbonyl (C=O) groups excluding carboxylic acids is 1. The first kappa shape index (κ1) is 20.0. The molecule has 0 N–H and O–H groups in total. The van der Waals surface area contributed by atoms with Crippen molar-refractivity contribution < 1.29 is 4.79 Å². The highest BCUT2D eigenvalue weighted by Gasteiger charge is 2.18. The molecule has 144 valence electrons. The number of benzene rings is 1. The van der Waals surface area contributed by atoms with Crippen LogP contribution in [-0.2, 0) is 6.54 Å². The summed E-state index contributed by atoms with van der Waals surface area (Å²) in [6.07, 6.45) is 5.26. The number of ketones is 1. The summed E-state index contributed by atoms with van der Waals surface area (Å²) in [5, 5.41) is 9.34. The van der Waals surface area contributed by atoms with E-state index in [9.17, 15) is 4.79 Å². The van der Waals surface area contributed by atoms with E-state index >= 15 is 0 Å². The summed E-state index contributed by atoms with van der Waals surface area (Å²) in [7, 11) is 0. The fourth-order valence-corrected chi connectivity index (χ4v) is 4.14. The molecule has 0 radical (unpaired) electrons. The lowest BCUT2D eigenvalue weighted by Crippen LogP contribution is -2.10. The van der Waals surface area contributed by atoms with Crippen molar-refractivity contribution in [1.82, 2.24) is 19.7 Å². The van der Waals surface area contributed by atoms with E-state index in [1.54, 1.807) is 18.5 Å². The van der Waals surface area contributed by atoms with Crippen LogP contribution in [0.4, 0.5) is 0 Å². The van der Waals surface area contributed by atoms with Crippen molar-refractivity contribution in [3.05, 3.63) is 71.1 Å². The van der Waals surface area contributed by atoms with Gasteiger partial charge in [0.1, 0.15) is 0 Å². The van der Waals surface area contributed by atoms with Crippen LogP contribution in [0.1, 0.15) is 32.6 Å². The van der Waals surface area contributed by atoms with Gasteiger partial charge in [-0.25, -0.2) is 0 Å². The number of Topliss-reactive ketones (excluding diaryl/α,β-unsaturated/α-hetero) is 1. The number of thioether (sulfide) groups is 1. The van der Waals surface area contributed by atoms with Crippen LogP contribution >= 0.6 is 11.8 Å². The zero-order chi connectivity index (χ0) is 20.3. The lowest BCUT2D eigenvalue weighted by atomic mass is 9.92. The van der Waals surface area contributed by atoms with Crippen molar-refractivity contribution in [1.29, 1.82) is 0 Å². The lowest BCUT2D eigenvalue weighted by molar-refractivity contribution is 0.102. The quantitative estimate of drug-likeness (QED) is 0.330. The van der Waals surface area contributed by atoms with Crippen LogP contribution < -0.4 is 0 Å². The summed E-state index contributed by atoms with van der Waals surface area (Å²) in [5.74, 6) is 1.17. The lowest BCUT2D eigenvalue weighted by Gasteiger charge is -2.14. The number of carbonyl (C=O) groups is 1. The van der Waals surface area contributed by atoms with Gasteiger partial charge >= 0.3 is 0 Å². The van der Waals surface area contributed by atoms with Crippen molar-refractivity contribution in [3.63, 3.8) is 0 Å². The van der Waals surface area contributed by atoms with Gasteiger partial charge in [0.2, 0.25) is 0 Å². The predicted molar refractivity (Wildman–Crippen MR) is 114 cm³/mol. The number of rotatable bonds is 7. The average molecular weight is 393 g/mol. The molecule has 5 nitrogen and oxygen atoms in total. The molecular formula is C22H24N4OS. The Labute approximate surface area is 169 Å². The highest BCUT2D eigenvalue weighted by Crippen LogP contribution is 2.27. The number of allylic oxidation sites excluding steroid dienone is 1. The second-order valence-corrected chi connectivity index (χ2v) is 7.73. The third-order valence-corrected chi connectivity index (χ3v) is 5.90. The molecule has 0 saturated heterocycles. The zero-order valence-electron chi connectivity index (χ0n) is 16.7. The van der Waals surface area contributed by atoms with E-state index < -0.39 is 0 Å². The molecule has 0 unspecified atom stereocenters. The highest BCUT2D eigenvalue weighted by molar-refractivity contribution is 7.99. The molecule has 0 amide bonds. The fraction of sp³-hybridized carbons (Fsp3) is 0.273. The Morgan fingerprint density at radius 2 is 1.82 bits per heavy atom. The van der Waals surface area contributed by atoms with Crippen LogP contribution in [0.25, 0.3) is 11.4 Å². The van der Waals surface area contributed by atoms with Crippen molar-refractivity contribution in [2.24, 2.45) is 0 Å². The number of hydrogen-bond donors (Lipinski definition) is 0. The van der Waals surface area contributed by atoms with E-state index in [1.165, 1.54) is 22.9 Å². The highest BCUT2D eigenvalue weighted by atomic mass is 32.2. The van der Waals surface area contributed by atoms with Gasteiger partial charge in [0.25, 0.3) is 0 Å². The third kappa shape index (κ3) is 3.92. The van der Waals surface area contributed by atoms with Gasteiger partial charge in [0, 0.05) is 30.1 Å². The molecule has 0 saturated carbocycles. The molecule has 0 aliphatic rings. The maximum absolute atomic E-state index is 13.0. The summed E-state index contributed by atoms with van der Waals surface area (Å²) in [4.78, 5) is 17.0. The Bertz CT molecular complexity index is 1020. The Hall–Kier alpha value is -2.73. The molecule has 0 bridgehead atoms. The van der Waals surface area contributed by atoms with Gasteiger partial charge in [-0.2, -0.15) is 0 Å². The smallest absolute Gasteiger partial charge is 0.192 e. The van der Waals surface area contributed by atoms with E-state index in [1.807, 2.05) is 30.5 Å². The van der Waals surface area contributed by atoms with Crippen LogP contribution in [0.15, 0.2) is 48.4 Å². The number of pyridine rings is 1. The fourth-order valence-electron chi connectivity index (χ4n) is 3.32. The summed E-state index contributed by atoms with van der Waals surface area (Å²) >= 11 is 1.41. The molecule has 6 heteroatoms. The SMILES string of the molecule is C=CCn1c(SCC(=O)c2c(C)cc(C)c(C)c2C)nnc1-c1ccncc1. The van der Waals surface area contributed by atoms with Gasteiger partial charge in [0.15, 0.2) is 16.8 Å². The Balaban J connectivity index is 1.86. The van der Waals surface area contributed by atoms with Crippen LogP contribution in [0.5, 0.6) is 0 Å². The summed E-state index contributed by atoms with van der Waals surface area (Å²) < 4.78 is 1.97. The summed E-state index contributed by atoms with van der Waals surface area (Å²) in [5.41, 5.74) is 6.23. The number of nitrogens with zero attached hydrogens (tertiary/aromatic N) is 4. The van der Waals surface area contributed by atoms with Gasteiger partial charge in [-0.3, -0.25) is 14.3 Å². The Morgan fingerprint density at radius 1 is 1.11 bits per heavy atom. The maximum Gasteiger partial charge on any atom is 0.192 e. The molecule has 0 spiro atoms. The minimum absolute atomic E-state index is 0.113. The topological polar surface area (TPSA) is 60.7 Å². The monoisotopic (exact) mass is 392 g/mol. The molecule has 1 aromatic carbocycles. The predicted octanol–water partition coefficient (Wildman–Crippen LogP) is 4.73. The molecule has 3 rings (SSSR count). The second kappa shape index (κ2) is 8.52. The Morgan fingerprint density at radius 3 is 2.50 bits per heavy atom. The Kier molecular flexibility index (Phi) is 6.09. The van der Waals surface area contributed by atoms with E-state index in [0.717, 1.165) is 28.1 Å². The first-order chi connectivity index (χ1) is 13.4. The van der Waals surface area contributed by atoms with E-state index in [2.05, 4.69) is 41.7 Å². The number of hydrogen-bond acceptors (Lipinski definition) is 5. The van der Waals surface area contributed by atoms with Crippen LogP contribution in [0.2, 0.25) is 0 Å². The minimum atomic E-state index is 0.113. The third-order valence-electron chi connectivity index (χ3n) is 4.93. The van der Waals surface area contributed by atoms with Gasteiger partial charge in [-0.15, -0.1) is 16.8 Å². The van der Waals surface area contributed by atoms with Gasteiger partial charge in [-0.1, -0.05) is 23.9 Å². The molecule has 0 fully saturated rings. The van der Waals surface area contributed by atoms with Crippen LogP contribution in [-0.4, -0.2) is 31.3 Å². The van der Waals surface area contributed by atoms with E-state index in [0.29, 0.717) is 17.5 Å². The van der Waals surface area contributed by atoms with Crippen molar-refractivity contribution >= 4 is 17.5 Å². The molecule has 28 heavy (non-hydrogen) atoms. The average Bonchev–Trinajstić information content (AvgIpc) is 3.08. The zero-order valence-corrected chi connectivity index (χ0v) is 17.5. The normalized spacial score (nSPS) is 10.9. The molecule has 2 aromatic heterocycles. The largest absolute Gasteiger partial charge is 0.298 e. The number of aromatic nitrogens is 4. The number of aryl methyl sites for hydroxylation is 2. The standard InChI is InChI=1S/C22H24N4OS/c1-6-11-26-21(18-7-9-23-10-8-18)24-25-22(26)28-13-19(27)20-15(3)12-14(2)16(4)17(20)5/h6-10,12H,1,11,13H2,2-5H3. The second-order valence-electron chi connectivity index (χ2n) is 6.79. The van der Waals surface area contributed by atoms with Crippen molar-refractivity contribution in [2.75, 3.05) is 5.75 Å². The van der Waals surface area contributed by atoms with E-state index in [-0.39, 0.29) is 5.78 Å². The van der Waals surface area contributed by atoms with E-state index in [4.69, 9.17) is 0 Å². The molecule has 3 aromatic rings. The first-order valence-electron chi connectivity index (χ1n) is 9.12. The van der Waals surface area contributed by atoms with Crippen LogP contribution in [0, 0.1) is 27.7 Å². The molecule has 2 heterocycles. The van der Waals surface area contributed by atoms with Gasteiger partial charge in [0.05, 0.1) is 5.75 Å². The van der Waals surface area contributed by atoms with Crippen LogP contribution in [0.3, 0.4) is 0 Å². The van der Waals surface area contributed by atoms with Gasteiger partial charge in [-0.05, 0) is 62.1 Å². The van der Waals surface area contributed by atoms with Crippen molar-refractivity contribution in [2.45, 2.75) is 39.4 Å². The minimum Gasteiger partial charge on any atom is -0.298 e. The van der Waals surface area contributed by atoms with Gasteiger partial charge < -0.3 is 0 Å². The molecular weight excluding hydrogens is 368 g/mol. The maximum atomic E-state index is 13.0. The first-order valence-corrected chi connectivity index (χ1v) is 10.1. The molecule has 0 atom stereocenters. The summed E-state index contributed by atoms with van der Waals surface area (Å²) in [6, 6.07) is 5.87. The van der Waals surface area contributed by atoms with Crippen molar-refractivity contribution in [3.8, 4) is 11.4 Å². The molecule has 0 aliphatic carbocycles.